The van der Waals surface area contributed by atoms with Crippen LogP contribution in [0.5, 0.6) is 0 Å². The quantitative estimate of drug-likeness (QED) is 0.877. The van der Waals surface area contributed by atoms with E-state index in [2.05, 4.69) is 5.32 Å². The summed E-state index contributed by atoms with van der Waals surface area (Å²) in [7, 11) is 0. The highest BCUT2D eigenvalue weighted by Gasteiger charge is 2.23. The first-order valence-corrected chi connectivity index (χ1v) is 7.12. The first-order chi connectivity index (χ1) is 9.45. The summed E-state index contributed by atoms with van der Waals surface area (Å²) in [6, 6.07) is 6.77. The minimum absolute atomic E-state index is 0.126. The van der Waals surface area contributed by atoms with Crippen LogP contribution in [0, 0.1) is 0 Å². The van der Waals surface area contributed by atoms with E-state index in [1.807, 2.05) is 19.1 Å². The zero-order valence-electron chi connectivity index (χ0n) is 12.1. The molecule has 0 aliphatic carbocycles. The summed E-state index contributed by atoms with van der Waals surface area (Å²) in [5, 5.41) is 3.46. The maximum atomic E-state index is 12.0. The van der Waals surface area contributed by atoms with Crippen LogP contribution < -0.4 is 5.32 Å². The number of hydrogen-bond acceptors (Lipinski definition) is 2. The lowest BCUT2D eigenvalue weighted by Gasteiger charge is -2.27. The van der Waals surface area contributed by atoms with Gasteiger partial charge in [-0.15, -0.1) is 0 Å². The number of nitrogens with zero attached hydrogens (tertiary/aromatic N) is 1. The molecule has 1 atom stereocenters. The second kappa shape index (κ2) is 7.90. The number of rotatable bonds is 6. The van der Waals surface area contributed by atoms with Gasteiger partial charge in [-0.1, -0.05) is 30.7 Å². The van der Waals surface area contributed by atoms with Crippen molar-refractivity contribution in [3.05, 3.63) is 34.9 Å². The Hall–Kier alpha value is -1.55. The van der Waals surface area contributed by atoms with Crippen molar-refractivity contribution in [2.75, 3.05) is 6.54 Å². The monoisotopic (exact) mass is 296 g/mol. The molecular formula is C15H21ClN2O2. The molecule has 1 N–H and O–H groups in total. The van der Waals surface area contributed by atoms with E-state index in [-0.39, 0.29) is 11.8 Å². The van der Waals surface area contributed by atoms with Gasteiger partial charge in [-0.2, -0.15) is 0 Å². The predicted molar refractivity (Wildman–Crippen MR) is 80.4 cm³/mol. The van der Waals surface area contributed by atoms with Gasteiger partial charge in [-0.05, 0) is 31.0 Å². The van der Waals surface area contributed by atoms with Crippen molar-refractivity contribution >= 4 is 23.4 Å². The SMILES string of the molecule is CCCNC(=O)[C@H](C)N(Cc1ccc(Cl)cc1)C(C)=O. The Kier molecular flexibility index (Phi) is 6.52. The number of nitrogens with one attached hydrogen (secondary N) is 1. The number of carbonyl (C=O) groups excluding carboxylic acids is 2. The summed E-state index contributed by atoms with van der Waals surface area (Å²) in [6.07, 6.45) is 0.871. The molecule has 1 aromatic carbocycles. The van der Waals surface area contributed by atoms with Crippen molar-refractivity contribution in [2.45, 2.75) is 39.8 Å². The lowest BCUT2D eigenvalue weighted by atomic mass is 10.1. The van der Waals surface area contributed by atoms with Crippen molar-refractivity contribution in [3.63, 3.8) is 0 Å². The molecule has 20 heavy (non-hydrogen) atoms. The smallest absolute Gasteiger partial charge is 0.242 e. The average molecular weight is 297 g/mol. The van der Waals surface area contributed by atoms with Gasteiger partial charge in [0.1, 0.15) is 6.04 Å². The molecule has 0 saturated carbocycles. The summed E-state index contributed by atoms with van der Waals surface area (Å²) in [4.78, 5) is 25.3. The Balaban J connectivity index is 2.75. The number of hydrogen-bond donors (Lipinski definition) is 1. The van der Waals surface area contributed by atoms with Crippen molar-refractivity contribution in [1.82, 2.24) is 10.2 Å². The van der Waals surface area contributed by atoms with Gasteiger partial charge in [-0.3, -0.25) is 9.59 Å². The van der Waals surface area contributed by atoms with Crippen molar-refractivity contribution < 1.29 is 9.59 Å². The molecule has 0 spiro atoms. The van der Waals surface area contributed by atoms with Crippen LogP contribution in [0.15, 0.2) is 24.3 Å². The topological polar surface area (TPSA) is 49.4 Å². The number of amides is 2. The standard InChI is InChI=1S/C15H21ClN2O2/c1-4-9-17-15(20)11(2)18(12(3)19)10-13-5-7-14(16)8-6-13/h5-8,11H,4,9-10H2,1-3H3,(H,17,20)/t11-/m0/s1. The van der Waals surface area contributed by atoms with Crippen LogP contribution >= 0.6 is 11.6 Å². The largest absolute Gasteiger partial charge is 0.354 e. The van der Waals surface area contributed by atoms with Crippen LogP contribution in [-0.2, 0) is 16.1 Å². The van der Waals surface area contributed by atoms with E-state index in [9.17, 15) is 9.59 Å². The van der Waals surface area contributed by atoms with Crippen molar-refractivity contribution in [2.24, 2.45) is 0 Å². The highest BCUT2D eigenvalue weighted by Crippen LogP contribution is 2.13. The van der Waals surface area contributed by atoms with Crippen LogP contribution in [-0.4, -0.2) is 29.3 Å². The lowest BCUT2D eigenvalue weighted by molar-refractivity contribution is -0.138. The van der Waals surface area contributed by atoms with E-state index < -0.39 is 6.04 Å². The zero-order valence-corrected chi connectivity index (χ0v) is 12.9. The molecule has 0 bridgehead atoms. The van der Waals surface area contributed by atoms with Gasteiger partial charge in [0, 0.05) is 25.0 Å². The number of carbonyl (C=O) groups is 2. The van der Waals surface area contributed by atoms with Gasteiger partial charge >= 0.3 is 0 Å². The minimum atomic E-state index is -0.491. The highest BCUT2D eigenvalue weighted by atomic mass is 35.5. The third-order valence-electron chi connectivity index (χ3n) is 3.07. The molecular weight excluding hydrogens is 276 g/mol. The summed E-state index contributed by atoms with van der Waals surface area (Å²) in [5.41, 5.74) is 0.944. The van der Waals surface area contributed by atoms with E-state index in [0.717, 1.165) is 12.0 Å². The van der Waals surface area contributed by atoms with Crippen LogP contribution in [0.1, 0.15) is 32.8 Å². The Morgan fingerprint density at radius 2 is 1.90 bits per heavy atom. The summed E-state index contributed by atoms with van der Waals surface area (Å²) in [5.74, 6) is -0.255. The van der Waals surface area contributed by atoms with E-state index in [1.165, 1.54) is 6.92 Å². The number of benzene rings is 1. The molecule has 1 rings (SSSR count). The molecule has 0 unspecified atom stereocenters. The van der Waals surface area contributed by atoms with Crippen molar-refractivity contribution in [3.8, 4) is 0 Å². The second-order valence-electron chi connectivity index (χ2n) is 4.74. The van der Waals surface area contributed by atoms with Gasteiger partial charge < -0.3 is 10.2 Å². The number of halogens is 1. The molecule has 0 radical (unpaired) electrons. The minimum Gasteiger partial charge on any atom is -0.354 e. The summed E-state index contributed by atoms with van der Waals surface area (Å²) < 4.78 is 0. The predicted octanol–water partition coefficient (Wildman–Crippen LogP) is 2.60. The molecule has 110 valence electrons. The molecule has 2 amide bonds. The van der Waals surface area contributed by atoms with Gasteiger partial charge in [0.15, 0.2) is 0 Å². The molecule has 1 aromatic rings. The molecule has 0 aliphatic heterocycles. The van der Waals surface area contributed by atoms with Crippen LogP contribution in [0.2, 0.25) is 5.02 Å². The van der Waals surface area contributed by atoms with E-state index in [4.69, 9.17) is 11.6 Å². The van der Waals surface area contributed by atoms with Gasteiger partial charge in [-0.25, -0.2) is 0 Å². The fraction of sp³-hybridized carbons (Fsp3) is 0.467. The Morgan fingerprint density at radius 3 is 2.40 bits per heavy atom. The normalized spacial score (nSPS) is 11.8. The molecule has 0 saturated heterocycles. The van der Waals surface area contributed by atoms with Crippen LogP contribution in [0.4, 0.5) is 0 Å². The second-order valence-corrected chi connectivity index (χ2v) is 5.18. The maximum absolute atomic E-state index is 12.0. The van der Waals surface area contributed by atoms with Gasteiger partial charge in [0.05, 0.1) is 0 Å². The molecule has 0 fully saturated rings. The third kappa shape index (κ3) is 4.85. The first-order valence-electron chi connectivity index (χ1n) is 6.75. The fourth-order valence-corrected chi connectivity index (χ4v) is 1.97. The molecule has 0 heterocycles. The first kappa shape index (κ1) is 16.5. The molecule has 4 nitrogen and oxygen atoms in total. The molecule has 0 aromatic heterocycles. The fourth-order valence-electron chi connectivity index (χ4n) is 1.84. The Labute approximate surface area is 125 Å². The molecule has 0 aliphatic rings. The average Bonchev–Trinajstić information content (AvgIpc) is 2.43. The van der Waals surface area contributed by atoms with Crippen LogP contribution in [0.25, 0.3) is 0 Å². The highest BCUT2D eigenvalue weighted by molar-refractivity contribution is 6.30. The third-order valence-corrected chi connectivity index (χ3v) is 3.32. The Morgan fingerprint density at radius 1 is 1.30 bits per heavy atom. The summed E-state index contributed by atoms with van der Waals surface area (Å²) in [6.45, 7) is 6.21. The van der Waals surface area contributed by atoms with Crippen LogP contribution in [0.3, 0.4) is 0 Å². The zero-order chi connectivity index (χ0) is 15.1. The summed E-state index contributed by atoms with van der Waals surface area (Å²) >= 11 is 5.84. The Bertz CT molecular complexity index is 459. The van der Waals surface area contributed by atoms with Gasteiger partial charge in [0.2, 0.25) is 11.8 Å². The van der Waals surface area contributed by atoms with E-state index in [1.54, 1.807) is 24.0 Å². The van der Waals surface area contributed by atoms with Crippen molar-refractivity contribution in [1.29, 1.82) is 0 Å². The van der Waals surface area contributed by atoms with E-state index >= 15 is 0 Å². The maximum Gasteiger partial charge on any atom is 0.242 e. The van der Waals surface area contributed by atoms with Gasteiger partial charge in [0.25, 0.3) is 0 Å². The lowest BCUT2D eigenvalue weighted by Crippen LogP contribution is -2.47. The molecule has 5 heteroatoms. The van der Waals surface area contributed by atoms with E-state index in [0.29, 0.717) is 18.1 Å².